The molecule has 0 unspecified atom stereocenters. The molecule has 0 spiro atoms. The first kappa shape index (κ1) is 11.2. The SMILES string of the molecule is COc1cc(C)ccc1OCCN=[N+]=[N-]. The van der Waals surface area contributed by atoms with Gasteiger partial charge in [-0.1, -0.05) is 11.2 Å². The fourth-order valence-corrected chi connectivity index (χ4v) is 1.14. The van der Waals surface area contributed by atoms with Crippen molar-refractivity contribution in [1.29, 1.82) is 0 Å². The first-order valence-electron chi connectivity index (χ1n) is 4.56. The Morgan fingerprint density at radius 2 is 2.20 bits per heavy atom. The van der Waals surface area contributed by atoms with E-state index in [1.807, 2.05) is 25.1 Å². The summed E-state index contributed by atoms with van der Waals surface area (Å²) < 4.78 is 10.5. The number of nitrogens with zero attached hydrogens (tertiary/aromatic N) is 3. The van der Waals surface area contributed by atoms with Crippen LogP contribution < -0.4 is 9.47 Å². The molecule has 5 nitrogen and oxygen atoms in total. The summed E-state index contributed by atoms with van der Waals surface area (Å²) in [5.74, 6) is 1.35. The van der Waals surface area contributed by atoms with Crippen molar-refractivity contribution in [3.63, 3.8) is 0 Å². The highest BCUT2D eigenvalue weighted by molar-refractivity contribution is 5.42. The quantitative estimate of drug-likeness (QED) is 0.322. The second-order valence-corrected chi connectivity index (χ2v) is 2.96. The van der Waals surface area contributed by atoms with Gasteiger partial charge in [0.15, 0.2) is 11.5 Å². The number of aryl methyl sites for hydroxylation is 1. The van der Waals surface area contributed by atoms with E-state index in [1.54, 1.807) is 7.11 Å². The minimum atomic E-state index is 0.313. The molecule has 0 saturated heterocycles. The minimum absolute atomic E-state index is 0.313. The highest BCUT2D eigenvalue weighted by Crippen LogP contribution is 2.27. The molecule has 0 bridgehead atoms. The molecule has 0 radical (unpaired) electrons. The van der Waals surface area contributed by atoms with Crippen molar-refractivity contribution in [3.05, 3.63) is 34.2 Å². The summed E-state index contributed by atoms with van der Waals surface area (Å²) in [6.07, 6.45) is 0. The zero-order valence-corrected chi connectivity index (χ0v) is 8.80. The molecular formula is C10H13N3O2. The van der Waals surface area contributed by atoms with E-state index in [4.69, 9.17) is 15.0 Å². The van der Waals surface area contributed by atoms with Gasteiger partial charge in [0.25, 0.3) is 0 Å². The van der Waals surface area contributed by atoms with Gasteiger partial charge in [-0.3, -0.25) is 0 Å². The molecule has 0 fully saturated rings. The van der Waals surface area contributed by atoms with Gasteiger partial charge in [-0.25, -0.2) is 0 Å². The Balaban J connectivity index is 2.63. The van der Waals surface area contributed by atoms with Crippen molar-refractivity contribution in [3.8, 4) is 11.5 Å². The van der Waals surface area contributed by atoms with E-state index in [1.165, 1.54) is 0 Å². The average Bonchev–Trinajstić information content (AvgIpc) is 2.26. The maximum Gasteiger partial charge on any atom is 0.161 e. The Labute approximate surface area is 88.3 Å². The molecule has 0 amide bonds. The number of hydrogen-bond acceptors (Lipinski definition) is 3. The number of hydrogen-bond donors (Lipinski definition) is 0. The van der Waals surface area contributed by atoms with Gasteiger partial charge in [0.1, 0.15) is 0 Å². The fraction of sp³-hybridized carbons (Fsp3) is 0.400. The Bertz CT molecular complexity index is 373. The molecule has 0 N–H and O–H groups in total. The minimum Gasteiger partial charge on any atom is -0.493 e. The van der Waals surface area contributed by atoms with Crippen LogP contribution in [0, 0.1) is 6.92 Å². The Kier molecular flexibility index (Phi) is 4.31. The Morgan fingerprint density at radius 3 is 2.87 bits per heavy atom. The number of benzene rings is 1. The van der Waals surface area contributed by atoms with Crippen LogP contribution in [0.1, 0.15) is 5.56 Å². The van der Waals surface area contributed by atoms with Gasteiger partial charge in [-0.05, 0) is 30.2 Å². The molecular weight excluding hydrogens is 194 g/mol. The maximum atomic E-state index is 8.08. The van der Waals surface area contributed by atoms with Crippen LogP contribution in [0.25, 0.3) is 10.4 Å². The molecule has 15 heavy (non-hydrogen) atoms. The van der Waals surface area contributed by atoms with Crippen molar-refractivity contribution in [2.24, 2.45) is 5.11 Å². The summed E-state index contributed by atoms with van der Waals surface area (Å²) in [6, 6.07) is 5.67. The van der Waals surface area contributed by atoms with Gasteiger partial charge in [-0.15, -0.1) is 0 Å². The molecule has 1 rings (SSSR count). The van der Waals surface area contributed by atoms with Crippen LogP contribution in [-0.4, -0.2) is 20.3 Å². The van der Waals surface area contributed by atoms with E-state index in [2.05, 4.69) is 10.0 Å². The van der Waals surface area contributed by atoms with Gasteiger partial charge < -0.3 is 9.47 Å². The monoisotopic (exact) mass is 207 g/mol. The van der Waals surface area contributed by atoms with Gasteiger partial charge in [0, 0.05) is 4.91 Å². The molecule has 1 aromatic rings. The highest BCUT2D eigenvalue weighted by atomic mass is 16.5. The molecule has 0 aromatic heterocycles. The second-order valence-electron chi connectivity index (χ2n) is 2.96. The zero-order valence-electron chi connectivity index (χ0n) is 8.80. The van der Waals surface area contributed by atoms with Crippen LogP contribution in [-0.2, 0) is 0 Å². The fourth-order valence-electron chi connectivity index (χ4n) is 1.14. The van der Waals surface area contributed by atoms with Crippen LogP contribution in [0.5, 0.6) is 11.5 Å². The normalized spacial score (nSPS) is 9.20. The van der Waals surface area contributed by atoms with E-state index >= 15 is 0 Å². The molecule has 5 heteroatoms. The van der Waals surface area contributed by atoms with E-state index < -0.39 is 0 Å². The van der Waals surface area contributed by atoms with E-state index in [-0.39, 0.29) is 0 Å². The summed E-state index contributed by atoms with van der Waals surface area (Å²) in [5, 5.41) is 3.37. The topological polar surface area (TPSA) is 67.2 Å². The lowest BCUT2D eigenvalue weighted by Crippen LogP contribution is -2.01. The van der Waals surface area contributed by atoms with E-state index in [0.29, 0.717) is 24.7 Å². The Morgan fingerprint density at radius 1 is 1.40 bits per heavy atom. The molecule has 0 aliphatic carbocycles. The van der Waals surface area contributed by atoms with Crippen molar-refractivity contribution in [2.45, 2.75) is 6.92 Å². The van der Waals surface area contributed by atoms with Crippen molar-refractivity contribution in [1.82, 2.24) is 0 Å². The van der Waals surface area contributed by atoms with Gasteiger partial charge >= 0.3 is 0 Å². The highest BCUT2D eigenvalue weighted by Gasteiger charge is 2.03. The lowest BCUT2D eigenvalue weighted by Gasteiger charge is -2.09. The zero-order chi connectivity index (χ0) is 11.1. The standard InChI is InChI=1S/C10H13N3O2/c1-8-3-4-9(10(7-8)14-2)15-6-5-12-13-11/h3-4,7H,5-6H2,1-2H3. The average molecular weight is 207 g/mol. The van der Waals surface area contributed by atoms with Gasteiger partial charge in [-0.2, -0.15) is 0 Å². The van der Waals surface area contributed by atoms with Crippen LogP contribution >= 0.6 is 0 Å². The van der Waals surface area contributed by atoms with Crippen molar-refractivity contribution < 1.29 is 9.47 Å². The third-order valence-electron chi connectivity index (χ3n) is 1.83. The summed E-state index contributed by atoms with van der Waals surface area (Å²) in [6.45, 7) is 2.64. The lowest BCUT2D eigenvalue weighted by atomic mass is 10.2. The van der Waals surface area contributed by atoms with Crippen LogP contribution in [0.4, 0.5) is 0 Å². The third kappa shape index (κ3) is 3.40. The summed E-state index contributed by atoms with van der Waals surface area (Å²) in [4.78, 5) is 2.64. The largest absolute Gasteiger partial charge is 0.493 e. The number of rotatable bonds is 5. The molecule has 0 heterocycles. The maximum absolute atomic E-state index is 8.08. The number of ether oxygens (including phenoxy) is 2. The third-order valence-corrected chi connectivity index (χ3v) is 1.83. The van der Waals surface area contributed by atoms with Crippen molar-refractivity contribution >= 4 is 0 Å². The summed E-state index contributed by atoms with van der Waals surface area (Å²) in [7, 11) is 1.59. The molecule has 0 saturated carbocycles. The number of azide groups is 1. The molecule has 80 valence electrons. The predicted molar refractivity (Wildman–Crippen MR) is 57.2 cm³/mol. The first-order valence-corrected chi connectivity index (χ1v) is 4.56. The second kappa shape index (κ2) is 5.78. The molecule has 0 aliphatic rings. The predicted octanol–water partition coefficient (Wildman–Crippen LogP) is 2.69. The van der Waals surface area contributed by atoms with Crippen LogP contribution in [0.3, 0.4) is 0 Å². The van der Waals surface area contributed by atoms with Gasteiger partial charge in [0.05, 0.1) is 20.3 Å². The van der Waals surface area contributed by atoms with E-state index in [0.717, 1.165) is 5.56 Å². The summed E-state index contributed by atoms with van der Waals surface area (Å²) >= 11 is 0. The molecule has 1 aromatic carbocycles. The van der Waals surface area contributed by atoms with Gasteiger partial charge in [0.2, 0.25) is 0 Å². The summed E-state index contributed by atoms with van der Waals surface area (Å²) in [5.41, 5.74) is 9.18. The first-order chi connectivity index (χ1) is 7.27. The Hall–Kier alpha value is -1.87. The number of methoxy groups -OCH3 is 1. The van der Waals surface area contributed by atoms with Crippen LogP contribution in [0.15, 0.2) is 23.3 Å². The van der Waals surface area contributed by atoms with Crippen LogP contribution in [0.2, 0.25) is 0 Å². The van der Waals surface area contributed by atoms with E-state index in [9.17, 15) is 0 Å². The lowest BCUT2D eigenvalue weighted by molar-refractivity contribution is 0.302. The van der Waals surface area contributed by atoms with Crippen molar-refractivity contribution in [2.75, 3.05) is 20.3 Å². The smallest absolute Gasteiger partial charge is 0.161 e. The molecule has 0 atom stereocenters. The molecule has 0 aliphatic heterocycles.